The van der Waals surface area contributed by atoms with Crippen molar-refractivity contribution in [3.05, 3.63) is 88.6 Å². The Morgan fingerprint density at radius 2 is 1.73 bits per heavy atom. The Morgan fingerprint density at radius 3 is 2.57 bits per heavy atom. The highest BCUT2D eigenvalue weighted by Gasteiger charge is 2.10. The summed E-state index contributed by atoms with van der Waals surface area (Å²) in [6, 6.07) is 23.6. The van der Waals surface area contributed by atoms with Crippen LogP contribution in [-0.2, 0) is 11.3 Å². The average Bonchev–Trinajstić information content (AvgIpc) is 2.75. The van der Waals surface area contributed by atoms with E-state index in [4.69, 9.17) is 0 Å². The first kappa shape index (κ1) is 19.7. The predicted molar refractivity (Wildman–Crippen MR) is 123 cm³/mol. The number of hydrogen-bond donors (Lipinski definition) is 2. The summed E-state index contributed by atoms with van der Waals surface area (Å²) in [5.41, 5.74) is 1.93. The molecule has 0 aliphatic heterocycles. The van der Waals surface area contributed by atoms with Crippen molar-refractivity contribution in [3.8, 4) is 0 Å². The molecule has 0 saturated carbocycles. The second-order valence-corrected chi connectivity index (χ2v) is 7.50. The Kier molecular flexibility index (Phi) is 5.80. The van der Waals surface area contributed by atoms with Crippen molar-refractivity contribution < 1.29 is 4.79 Å². The highest BCUT2D eigenvalue weighted by molar-refractivity contribution is 5.83. The number of carbonyl (C=O) groups is 1. The van der Waals surface area contributed by atoms with Crippen LogP contribution in [0.5, 0.6) is 0 Å². The summed E-state index contributed by atoms with van der Waals surface area (Å²) in [5.74, 6) is 0.755. The number of anilines is 1. The van der Waals surface area contributed by atoms with Gasteiger partial charge in [0.25, 0.3) is 0 Å². The molecular weight excluding hydrogens is 374 g/mol. The molecule has 0 fully saturated rings. The number of aromatic amines is 1. The third kappa shape index (κ3) is 4.51. The molecule has 1 amide bonds. The van der Waals surface area contributed by atoms with Crippen LogP contribution in [0.3, 0.4) is 0 Å². The quantitative estimate of drug-likeness (QED) is 0.449. The zero-order valence-corrected chi connectivity index (χ0v) is 17.0. The first-order valence-corrected chi connectivity index (χ1v) is 10.2. The lowest BCUT2D eigenvalue weighted by Gasteiger charge is -2.21. The smallest absolute Gasteiger partial charge is 0.219 e. The predicted octanol–water partition coefficient (Wildman–Crippen LogP) is 4.53. The number of fused-ring (bicyclic) bond motifs is 2. The Bertz CT molecular complexity index is 1250. The highest BCUT2D eigenvalue weighted by Crippen LogP contribution is 2.17. The van der Waals surface area contributed by atoms with Crippen molar-refractivity contribution in [2.24, 2.45) is 0 Å². The number of para-hydroxylation sites is 1. The van der Waals surface area contributed by atoms with Gasteiger partial charge in [-0.25, -0.2) is 0 Å². The van der Waals surface area contributed by atoms with E-state index in [0.717, 1.165) is 17.5 Å². The molecule has 152 valence electrons. The van der Waals surface area contributed by atoms with E-state index < -0.39 is 0 Å². The van der Waals surface area contributed by atoms with E-state index in [2.05, 4.69) is 40.6 Å². The van der Waals surface area contributed by atoms with Gasteiger partial charge in [0.05, 0.1) is 5.52 Å². The van der Waals surface area contributed by atoms with Crippen molar-refractivity contribution in [1.29, 1.82) is 0 Å². The van der Waals surface area contributed by atoms with Crippen LogP contribution in [0.15, 0.2) is 77.6 Å². The number of rotatable bonds is 7. The minimum absolute atomic E-state index is 0.00600. The first-order chi connectivity index (χ1) is 14.6. The number of amides is 1. The Labute approximate surface area is 175 Å². The summed E-state index contributed by atoms with van der Waals surface area (Å²) in [4.78, 5) is 29.4. The van der Waals surface area contributed by atoms with Gasteiger partial charge in [0, 0.05) is 38.0 Å². The highest BCUT2D eigenvalue weighted by atomic mass is 16.2. The van der Waals surface area contributed by atoms with E-state index in [1.807, 2.05) is 41.3 Å². The molecule has 0 aliphatic carbocycles. The van der Waals surface area contributed by atoms with E-state index in [1.54, 1.807) is 13.0 Å². The molecule has 0 atom stereocenters. The van der Waals surface area contributed by atoms with Crippen molar-refractivity contribution in [3.63, 3.8) is 0 Å². The number of nitrogens with zero attached hydrogens (tertiary/aromatic N) is 1. The number of nitrogens with one attached hydrogen (secondary N) is 2. The fourth-order valence-corrected chi connectivity index (χ4v) is 3.69. The number of benzene rings is 3. The molecule has 0 unspecified atom stereocenters. The second-order valence-electron chi connectivity index (χ2n) is 7.50. The molecule has 4 aromatic rings. The van der Waals surface area contributed by atoms with Crippen LogP contribution in [0.4, 0.5) is 5.82 Å². The summed E-state index contributed by atoms with van der Waals surface area (Å²) in [5, 5.41) is 6.33. The Hall–Kier alpha value is -3.60. The van der Waals surface area contributed by atoms with Crippen molar-refractivity contribution in [2.75, 3.05) is 18.4 Å². The fraction of sp³-hybridized carbons (Fsp3) is 0.200. The summed E-state index contributed by atoms with van der Waals surface area (Å²) in [6.45, 7) is 3.50. The molecule has 1 heterocycles. The van der Waals surface area contributed by atoms with Crippen LogP contribution < -0.4 is 10.7 Å². The van der Waals surface area contributed by atoms with Crippen molar-refractivity contribution in [2.45, 2.75) is 19.9 Å². The summed E-state index contributed by atoms with van der Waals surface area (Å²) < 4.78 is 0. The molecule has 0 radical (unpaired) electrons. The molecule has 2 N–H and O–H groups in total. The topological polar surface area (TPSA) is 65.2 Å². The molecule has 5 heteroatoms. The standard InChI is InChI=1S/C25H25N3O2/c1-18(29)28(17-19-11-12-20-7-2-3-8-21(20)15-19)14-6-13-26-25-16-24(30)22-9-4-5-10-23(22)27-25/h2-5,7-12,15-16H,6,13-14,17H2,1H3,(H2,26,27,30). The second kappa shape index (κ2) is 8.82. The molecule has 5 nitrogen and oxygen atoms in total. The van der Waals surface area contributed by atoms with Gasteiger partial charge in [0.1, 0.15) is 5.82 Å². The summed E-state index contributed by atoms with van der Waals surface area (Å²) >= 11 is 0. The molecule has 30 heavy (non-hydrogen) atoms. The van der Waals surface area contributed by atoms with E-state index in [0.29, 0.717) is 30.8 Å². The van der Waals surface area contributed by atoms with Gasteiger partial charge in [-0.05, 0) is 41.0 Å². The van der Waals surface area contributed by atoms with Crippen LogP contribution in [0.2, 0.25) is 0 Å². The lowest BCUT2D eigenvalue weighted by molar-refractivity contribution is -0.129. The Morgan fingerprint density at radius 1 is 0.967 bits per heavy atom. The molecule has 4 rings (SSSR count). The minimum Gasteiger partial charge on any atom is -0.371 e. The number of aromatic nitrogens is 1. The average molecular weight is 399 g/mol. The molecule has 0 aliphatic rings. The lowest BCUT2D eigenvalue weighted by atomic mass is 10.1. The van der Waals surface area contributed by atoms with E-state index in [1.165, 1.54) is 10.8 Å². The largest absolute Gasteiger partial charge is 0.371 e. The van der Waals surface area contributed by atoms with Gasteiger partial charge in [0.2, 0.25) is 5.91 Å². The molecular formula is C25H25N3O2. The minimum atomic E-state index is -0.00600. The number of H-pyrrole nitrogens is 1. The van der Waals surface area contributed by atoms with E-state index in [9.17, 15) is 9.59 Å². The molecule has 0 bridgehead atoms. The number of pyridine rings is 1. The van der Waals surface area contributed by atoms with Crippen molar-refractivity contribution in [1.82, 2.24) is 9.88 Å². The van der Waals surface area contributed by atoms with Crippen LogP contribution >= 0.6 is 0 Å². The zero-order valence-electron chi connectivity index (χ0n) is 17.0. The van der Waals surface area contributed by atoms with E-state index >= 15 is 0 Å². The van der Waals surface area contributed by atoms with Gasteiger partial charge in [-0.1, -0.05) is 48.5 Å². The van der Waals surface area contributed by atoms with Gasteiger partial charge in [-0.3, -0.25) is 9.59 Å². The first-order valence-electron chi connectivity index (χ1n) is 10.2. The van der Waals surface area contributed by atoms with Crippen LogP contribution in [-0.4, -0.2) is 28.9 Å². The van der Waals surface area contributed by atoms with Gasteiger partial charge in [-0.2, -0.15) is 0 Å². The summed E-state index contributed by atoms with van der Waals surface area (Å²) in [6.07, 6.45) is 0.780. The molecule has 0 saturated heterocycles. The van der Waals surface area contributed by atoms with Gasteiger partial charge < -0.3 is 15.2 Å². The van der Waals surface area contributed by atoms with Crippen molar-refractivity contribution >= 4 is 33.4 Å². The van der Waals surface area contributed by atoms with Crippen LogP contribution in [0.1, 0.15) is 18.9 Å². The normalized spacial score (nSPS) is 11.0. The molecule has 3 aromatic carbocycles. The Balaban J connectivity index is 1.36. The maximum absolute atomic E-state index is 12.2. The maximum atomic E-state index is 12.2. The molecule has 1 aromatic heterocycles. The van der Waals surface area contributed by atoms with Crippen LogP contribution in [0.25, 0.3) is 21.7 Å². The van der Waals surface area contributed by atoms with Crippen LogP contribution in [0, 0.1) is 0 Å². The number of hydrogen-bond acceptors (Lipinski definition) is 3. The number of carbonyl (C=O) groups excluding carboxylic acids is 1. The fourth-order valence-electron chi connectivity index (χ4n) is 3.69. The SMILES string of the molecule is CC(=O)N(CCCNc1cc(=O)c2ccccc2[nH]1)Cc1ccc2ccccc2c1. The third-order valence-corrected chi connectivity index (χ3v) is 5.29. The third-order valence-electron chi connectivity index (χ3n) is 5.29. The van der Waals surface area contributed by atoms with E-state index in [-0.39, 0.29) is 11.3 Å². The lowest BCUT2D eigenvalue weighted by Crippen LogP contribution is -2.30. The van der Waals surface area contributed by atoms with Gasteiger partial charge in [0.15, 0.2) is 5.43 Å². The molecule has 0 spiro atoms. The monoisotopic (exact) mass is 399 g/mol. The summed E-state index contributed by atoms with van der Waals surface area (Å²) in [7, 11) is 0. The van der Waals surface area contributed by atoms with Gasteiger partial charge >= 0.3 is 0 Å². The zero-order chi connectivity index (χ0) is 20.9. The van der Waals surface area contributed by atoms with Gasteiger partial charge in [-0.15, -0.1) is 0 Å². The maximum Gasteiger partial charge on any atom is 0.219 e.